The first kappa shape index (κ1) is 29.2. The van der Waals surface area contributed by atoms with Crippen LogP contribution in [0.1, 0.15) is 81.8 Å². The molecule has 0 spiro atoms. The largest absolute Gasteiger partial charge is 0.478 e. The van der Waals surface area contributed by atoms with Crippen molar-refractivity contribution in [2.75, 3.05) is 13.2 Å². The fourth-order valence-corrected chi connectivity index (χ4v) is 4.49. The highest BCUT2D eigenvalue weighted by Gasteiger charge is 2.12. The normalized spacial score (nSPS) is 11.0. The van der Waals surface area contributed by atoms with Gasteiger partial charge in [-0.15, -0.1) is 0 Å². The average molecular weight is 520 g/mol. The maximum absolute atomic E-state index is 12.7. The Morgan fingerprint density at radius 1 is 0.868 bits per heavy atom. The lowest BCUT2D eigenvalue weighted by Gasteiger charge is -2.09. The van der Waals surface area contributed by atoms with Gasteiger partial charge >= 0.3 is 11.6 Å². The fourth-order valence-electron chi connectivity index (χ4n) is 4.49. The van der Waals surface area contributed by atoms with Gasteiger partial charge in [0.1, 0.15) is 5.58 Å². The molecule has 6 nitrogen and oxygen atoms in total. The van der Waals surface area contributed by atoms with E-state index in [0.717, 1.165) is 47.8 Å². The molecule has 0 amide bonds. The molecule has 38 heavy (non-hydrogen) atoms. The minimum atomic E-state index is -0.352. The van der Waals surface area contributed by atoms with Crippen molar-refractivity contribution in [2.24, 2.45) is 0 Å². The van der Waals surface area contributed by atoms with Crippen molar-refractivity contribution in [3.05, 3.63) is 70.7 Å². The Bertz CT molecular complexity index is 1250. The number of hydrogen-bond acceptors (Lipinski definition) is 6. The molecule has 0 N–H and O–H groups in total. The van der Waals surface area contributed by atoms with E-state index in [-0.39, 0.29) is 11.6 Å². The van der Waals surface area contributed by atoms with Crippen LogP contribution in [0.25, 0.3) is 22.1 Å². The molecule has 0 aliphatic heterocycles. The number of carbonyl (C=O) groups is 1. The Morgan fingerprint density at radius 2 is 1.50 bits per heavy atom. The number of fused-ring (bicyclic) bond motifs is 1. The summed E-state index contributed by atoms with van der Waals surface area (Å²) in [7, 11) is 0. The zero-order chi connectivity index (χ0) is 27.2. The highest BCUT2D eigenvalue weighted by molar-refractivity contribution is 5.82. The number of nitrogens with zero attached hydrogens (tertiary/aromatic N) is 1. The maximum Gasteiger partial charge on any atom is 0.344 e. The summed E-state index contributed by atoms with van der Waals surface area (Å²) in [5.41, 5.74) is 3.72. The molecule has 0 saturated carbocycles. The summed E-state index contributed by atoms with van der Waals surface area (Å²) in [6.07, 6.45) is 15.8. The number of hydrogen-bond donors (Lipinski definition) is 0. The molecule has 2 aromatic heterocycles. The monoisotopic (exact) mass is 519 g/mol. The van der Waals surface area contributed by atoms with E-state index in [1.54, 1.807) is 12.3 Å². The summed E-state index contributed by atoms with van der Waals surface area (Å²) < 4.78 is 16.4. The number of unbranched alkanes of at least 4 members (excludes halogenated alkanes) is 10. The van der Waals surface area contributed by atoms with E-state index in [2.05, 4.69) is 11.6 Å². The molecule has 204 valence electrons. The number of esters is 1. The Kier molecular flexibility index (Phi) is 12.1. The van der Waals surface area contributed by atoms with Crippen molar-refractivity contribution < 1.29 is 18.7 Å². The second-order valence-corrected chi connectivity index (χ2v) is 9.94. The number of aryl methyl sites for hydroxylation is 2. The predicted octanol–water partition coefficient (Wildman–Crippen LogP) is 7.87. The van der Waals surface area contributed by atoms with Crippen molar-refractivity contribution in [1.29, 1.82) is 0 Å². The third-order valence-electron chi connectivity index (χ3n) is 6.73. The first-order valence-electron chi connectivity index (χ1n) is 13.9. The van der Waals surface area contributed by atoms with Crippen molar-refractivity contribution in [3.63, 3.8) is 0 Å². The van der Waals surface area contributed by atoms with Gasteiger partial charge in [-0.3, -0.25) is 0 Å². The molecule has 1 aromatic carbocycles. The van der Waals surface area contributed by atoms with Crippen LogP contribution in [0.5, 0.6) is 5.88 Å². The van der Waals surface area contributed by atoms with Crippen molar-refractivity contribution in [2.45, 2.75) is 84.5 Å². The van der Waals surface area contributed by atoms with E-state index >= 15 is 0 Å². The van der Waals surface area contributed by atoms with Crippen LogP contribution < -0.4 is 10.4 Å². The second kappa shape index (κ2) is 15.8. The lowest BCUT2D eigenvalue weighted by molar-refractivity contribution is -0.137. The first-order valence-corrected chi connectivity index (χ1v) is 13.9. The fraction of sp³-hybridized carbons (Fsp3) is 0.469. The van der Waals surface area contributed by atoms with Gasteiger partial charge in [0.15, 0.2) is 0 Å². The molecule has 6 heteroatoms. The Labute approximate surface area is 226 Å². The molecule has 3 aromatic rings. The number of pyridine rings is 1. The van der Waals surface area contributed by atoms with Gasteiger partial charge in [0, 0.05) is 23.7 Å². The van der Waals surface area contributed by atoms with Crippen LogP contribution in [-0.4, -0.2) is 24.2 Å². The molecule has 0 unspecified atom stereocenters. The first-order chi connectivity index (χ1) is 18.5. The number of aromatic nitrogens is 1. The van der Waals surface area contributed by atoms with Crippen molar-refractivity contribution >= 4 is 16.9 Å². The molecule has 0 radical (unpaired) electrons. The van der Waals surface area contributed by atoms with E-state index in [1.165, 1.54) is 51.0 Å². The predicted molar refractivity (Wildman–Crippen MR) is 153 cm³/mol. The molecule has 0 fully saturated rings. The van der Waals surface area contributed by atoms with Gasteiger partial charge in [-0.05, 0) is 43.9 Å². The van der Waals surface area contributed by atoms with E-state index in [0.29, 0.717) is 30.2 Å². The Balaban J connectivity index is 1.28. The van der Waals surface area contributed by atoms with E-state index in [9.17, 15) is 9.59 Å². The second-order valence-electron chi connectivity index (χ2n) is 9.94. The molecular weight excluding hydrogens is 478 g/mol. The molecular formula is C32H41NO5. The standard InChI is InChI=1S/C32H41NO5/c1-4-31(34)37-19-15-13-11-9-7-5-6-8-10-12-14-18-36-30-22-29-26(23-33-30)21-28(32(35)38-29)27-20-24(2)16-17-25(27)3/h4,16-17,20-23H,1,5-15,18-19H2,2-3H3. The topological polar surface area (TPSA) is 78.6 Å². The number of ether oxygens (including phenoxy) is 2. The lowest BCUT2D eigenvalue weighted by Crippen LogP contribution is -2.05. The van der Waals surface area contributed by atoms with Crippen LogP contribution in [-0.2, 0) is 9.53 Å². The van der Waals surface area contributed by atoms with E-state index in [1.807, 2.05) is 38.1 Å². The minimum Gasteiger partial charge on any atom is -0.478 e. The molecule has 3 rings (SSSR count). The van der Waals surface area contributed by atoms with E-state index in [4.69, 9.17) is 13.9 Å². The van der Waals surface area contributed by atoms with Crippen LogP contribution in [0, 0.1) is 13.8 Å². The lowest BCUT2D eigenvalue weighted by atomic mass is 9.99. The molecule has 2 heterocycles. The van der Waals surface area contributed by atoms with Crippen LogP contribution in [0.2, 0.25) is 0 Å². The van der Waals surface area contributed by atoms with Crippen LogP contribution >= 0.6 is 0 Å². The van der Waals surface area contributed by atoms with Crippen LogP contribution in [0.15, 0.2) is 58.4 Å². The van der Waals surface area contributed by atoms with Crippen molar-refractivity contribution in [1.82, 2.24) is 4.98 Å². The molecule has 0 atom stereocenters. The van der Waals surface area contributed by atoms with Gasteiger partial charge < -0.3 is 13.9 Å². The van der Waals surface area contributed by atoms with Gasteiger partial charge in [-0.2, -0.15) is 0 Å². The smallest absolute Gasteiger partial charge is 0.344 e. The third-order valence-corrected chi connectivity index (χ3v) is 6.73. The molecule has 0 aliphatic rings. The Morgan fingerprint density at radius 3 is 2.16 bits per heavy atom. The quantitative estimate of drug-likeness (QED) is 0.103. The summed E-state index contributed by atoms with van der Waals surface area (Å²) in [6, 6.07) is 9.62. The van der Waals surface area contributed by atoms with Gasteiger partial charge in [0.25, 0.3) is 0 Å². The molecule has 0 aliphatic carbocycles. The molecule has 0 saturated heterocycles. The summed E-state index contributed by atoms with van der Waals surface area (Å²) in [5, 5.41) is 0.780. The van der Waals surface area contributed by atoms with Gasteiger partial charge in [0.2, 0.25) is 5.88 Å². The van der Waals surface area contributed by atoms with Crippen LogP contribution in [0.3, 0.4) is 0 Å². The minimum absolute atomic E-state index is 0.334. The Hall–Kier alpha value is -3.41. The SMILES string of the molecule is C=CC(=O)OCCCCCCCCCCCCCOc1cc2oc(=O)c(-c3cc(C)ccc3C)cc2cn1. The number of rotatable bonds is 17. The maximum atomic E-state index is 12.7. The zero-order valence-corrected chi connectivity index (χ0v) is 22.9. The van der Waals surface area contributed by atoms with Gasteiger partial charge in [-0.25, -0.2) is 14.6 Å². The third kappa shape index (κ3) is 9.47. The number of benzene rings is 1. The molecule has 0 bridgehead atoms. The average Bonchev–Trinajstić information content (AvgIpc) is 2.91. The van der Waals surface area contributed by atoms with E-state index < -0.39 is 0 Å². The highest BCUT2D eigenvalue weighted by Crippen LogP contribution is 2.26. The summed E-state index contributed by atoms with van der Waals surface area (Å²) in [4.78, 5) is 28.1. The highest BCUT2D eigenvalue weighted by atomic mass is 16.5. The zero-order valence-electron chi connectivity index (χ0n) is 22.9. The van der Waals surface area contributed by atoms with Crippen molar-refractivity contribution in [3.8, 4) is 17.0 Å². The number of carbonyl (C=O) groups excluding carboxylic acids is 1. The summed E-state index contributed by atoms with van der Waals surface area (Å²) in [6.45, 7) is 8.49. The summed E-state index contributed by atoms with van der Waals surface area (Å²) >= 11 is 0. The van der Waals surface area contributed by atoms with Gasteiger partial charge in [0.05, 0.1) is 18.8 Å². The summed E-state index contributed by atoms with van der Waals surface area (Å²) in [5.74, 6) is 0.152. The van der Waals surface area contributed by atoms with Gasteiger partial charge in [-0.1, -0.05) is 88.1 Å². The van der Waals surface area contributed by atoms with Crippen LogP contribution in [0.4, 0.5) is 0 Å².